The summed E-state index contributed by atoms with van der Waals surface area (Å²) in [6.07, 6.45) is 0. The van der Waals surface area contributed by atoms with E-state index in [2.05, 4.69) is 164 Å². The second-order valence-corrected chi connectivity index (χ2v) is 13.1. The molecule has 0 radical (unpaired) electrons. The Morgan fingerprint density at radius 2 is 1.04 bits per heavy atom. The molecule has 49 heavy (non-hydrogen) atoms. The van der Waals surface area contributed by atoms with E-state index < -0.39 is 0 Å². The number of benzene rings is 9. The summed E-state index contributed by atoms with van der Waals surface area (Å²) < 4.78 is 6.82. The molecule has 1 heterocycles. The lowest BCUT2D eigenvalue weighted by Crippen LogP contribution is -1.99. The van der Waals surface area contributed by atoms with E-state index in [4.69, 9.17) is 4.74 Å². The third-order valence-corrected chi connectivity index (χ3v) is 10.4. The van der Waals surface area contributed by atoms with E-state index in [1.165, 1.54) is 75.9 Å². The SMILES string of the molecule is c1ccc2c(c#1)c1ccc(-c3ccc4cc(-c5cccc6c5Oc5cc7ccccc7c7cccc-6c57)ccc4c3)cc1c1ccccc21. The van der Waals surface area contributed by atoms with Crippen LogP contribution < -0.4 is 4.74 Å². The van der Waals surface area contributed by atoms with Gasteiger partial charge in [0.2, 0.25) is 0 Å². The van der Waals surface area contributed by atoms with Gasteiger partial charge in [0.1, 0.15) is 11.5 Å². The van der Waals surface area contributed by atoms with Crippen LogP contribution in [0.1, 0.15) is 0 Å². The molecule has 10 aromatic carbocycles. The van der Waals surface area contributed by atoms with Crippen molar-refractivity contribution >= 4 is 64.6 Å². The van der Waals surface area contributed by atoms with Crippen molar-refractivity contribution < 1.29 is 4.74 Å². The molecule has 0 N–H and O–H groups in total. The van der Waals surface area contributed by atoms with Gasteiger partial charge in [-0.1, -0.05) is 133 Å². The molecule has 224 valence electrons. The van der Waals surface area contributed by atoms with Crippen molar-refractivity contribution in [1.82, 2.24) is 0 Å². The highest BCUT2D eigenvalue weighted by atomic mass is 16.5. The molecule has 1 nitrogen and oxygen atoms in total. The minimum absolute atomic E-state index is 0.916. The monoisotopic (exact) mass is 618 g/mol. The highest BCUT2D eigenvalue weighted by Gasteiger charge is 2.24. The van der Waals surface area contributed by atoms with Gasteiger partial charge in [0, 0.05) is 21.9 Å². The van der Waals surface area contributed by atoms with Gasteiger partial charge in [0.25, 0.3) is 0 Å². The molecule has 11 rings (SSSR count). The molecule has 1 aliphatic rings. The Hall–Kier alpha value is -6.62. The van der Waals surface area contributed by atoms with Crippen molar-refractivity contribution in [2.75, 3.05) is 0 Å². The van der Waals surface area contributed by atoms with Gasteiger partial charge in [0.05, 0.1) is 0 Å². The zero-order valence-electron chi connectivity index (χ0n) is 26.4. The van der Waals surface area contributed by atoms with E-state index in [0.717, 1.165) is 33.6 Å². The van der Waals surface area contributed by atoms with Crippen molar-refractivity contribution in [1.29, 1.82) is 0 Å². The third kappa shape index (κ3) is 3.83. The first-order valence-electron chi connectivity index (χ1n) is 16.8. The maximum Gasteiger partial charge on any atom is 0.143 e. The highest BCUT2D eigenvalue weighted by Crippen LogP contribution is 2.51. The van der Waals surface area contributed by atoms with Crippen LogP contribution in [0.15, 0.2) is 158 Å². The molecule has 0 aromatic heterocycles. The molecule has 0 bridgehead atoms. The van der Waals surface area contributed by atoms with Crippen molar-refractivity contribution in [2.45, 2.75) is 0 Å². The maximum absolute atomic E-state index is 6.82. The predicted molar refractivity (Wildman–Crippen MR) is 206 cm³/mol. The van der Waals surface area contributed by atoms with E-state index in [1.54, 1.807) is 0 Å². The second kappa shape index (κ2) is 9.94. The average Bonchev–Trinajstić information content (AvgIpc) is 3.17. The molecule has 0 fully saturated rings. The number of rotatable bonds is 2. The van der Waals surface area contributed by atoms with E-state index in [1.807, 2.05) is 6.07 Å². The van der Waals surface area contributed by atoms with Gasteiger partial charge >= 0.3 is 0 Å². The van der Waals surface area contributed by atoms with Crippen LogP contribution in [0.3, 0.4) is 0 Å². The fraction of sp³-hybridized carbons (Fsp3) is 0. The minimum atomic E-state index is 0.916. The molecular weight excluding hydrogens is 593 g/mol. The summed E-state index contributed by atoms with van der Waals surface area (Å²) in [7, 11) is 0. The molecule has 0 spiro atoms. The molecule has 10 aromatic rings. The fourth-order valence-corrected chi connectivity index (χ4v) is 8.16. The third-order valence-electron chi connectivity index (χ3n) is 10.4. The smallest absolute Gasteiger partial charge is 0.143 e. The number of para-hydroxylation sites is 1. The van der Waals surface area contributed by atoms with E-state index in [9.17, 15) is 0 Å². The molecule has 1 heteroatoms. The zero-order chi connectivity index (χ0) is 32.1. The molecule has 0 atom stereocenters. The lowest BCUT2D eigenvalue weighted by Gasteiger charge is -2.24. The predicted octanol–water partition coefficient (Wildman–Crippen LogP) is 13.3. The number of fused-ring (bicyclic) bond motifs is 11. The quantitative estimate of drug-likeness (QED) is 0.175. The largest absolute Gasteiger partial charge is 0.455 e. The summed E-state index contributed by atoms with van der Waals surface area (Å²) in [5.41, 5.74) is 7.00. The Morgan fingerprint density at radius 1 is 0.388 bits per heavy atom. The lowest BCUT2D eigenvalue weighted by atomic mass is 9.89. The van der Waals surface area contributed by atoms with Gasteiger partial charge in [-0.05, 0) is 113 Å². The number of ether oxygens (including phenoxy) is 1. The first kappa shape index (κ1) is 26.4. The molecule has 0 unspecified atom stereocenters. The number of hydrogen-bond donors (Lipinski definition) is 0. The summed E-state index contributed by atoms with van der Waals surface area (Å²) >= 11 is 0. The molecule has 0 saturated heterocycles. The summed E-state index contributed by atoms with van der Waals surface area (Å²) in [4.78, 5) is 0. The Morgan fingerprint density at radius 3 is 1.94 bits per heavy atom. The lowest BCUT2D eigenvalue weighted by molar-refractivity contribution is 0.489. The van der Waals surface area contributed by atoms with Crippen molar-refractivity contribution in [2.24, 2.45) is 0 Å². The second-order valence-electron chi connectivity index (χ2n) is 13.1. The topological polar surface area (TPSA) is 9.23 Å². The van der Waals surface area contributed by atoms with Crippen molar-refractivity contribution in [3.63, 3.8) is 0 Å². The first-order chi connectivity index (χ1) is 24.3. The van der Waals surface area contributed by atoms with Crippen LogP contribution in [0.5, 0.6) is 11.5 Å². The van der Waals surface area contributed by atoms with Gasteiger partial charge < -0.3 is 4.74 Å². The molecule has 0 amide bonds. The van der Waals surface area contributed by atoms with E-state index >= 15 is 0 Å². The molecule has 1 aliphatic heterocycles. The fourth-order valence-electron chi connectivity index (χ4n) is 8.16. The van der Waals surface area contributed by atoms with Crippen LogP contribution in [0, 0.1) is 12.1 Å². The standard InChI is InChI=1S/C48H26O/c1-2-10-35-33(9-1)28-46-47-42(35)16-8-17-43(47)44-18-7-15-36(48(44)49-46)34-22-21-29-25-30(19-20-31(29)26-34)32-23-24-41-39-13-4-3-11-37(39)38-12-5-6-14-40(38)45(41)27-32/h1-3,5-12,14-28H. The molecular formula is C48H26O. The summed E-state index contributed by atoms with van der Waals surface area (Å²) in [6.45, 7) is 0. The van der Waals surface area contributed by atoms with Crippen LogP contribution in [-0.4, -0.2) is 0 Å². The Labute approximate surface area is 283 Å². The Bertz CT molecular complexity index is 2990. The van der Waals surface area contributed by atoms with Gasteiger partial charge in [-0.2, -0.15) is 0 Å². The summed E-state index contributed by atoms with van der Waals surface area (Å²) in [5, 5.41) is 14.6. The first-order valence-corrected chi connectivity index (χ1v) is 16.8. The van der Waals surface area contributed by atoms with Gasteiger partial charge in [-0.15, -0.1) is 0 Å². The normalized spacial score (nSPS) is 12.1. The highest BCUT2D eigenvalue weighted by molar-refractivity contribution is 6.25. The van der Waals surface area contributed by atoms with Gasteiger partial charge in [0.15, 0.2) is 0 Å². The van der Waals surface area contributed by atoms with Crippen molar-refractivity contribution in [3.8, 4) is 44.9 Å². The van der Waals surface area contributed by atoms with Crippen LogP contribution >= 0.6 is 0 Å². The van der Waals surface area contributed by atoms with E-state index in [-0.39, 0.29) is 0 Å². The zero-order valence-corrected chi connectivity index (χ0v) is 26.4. The summed E-state index contributed by atoms with van der Waals surface area (Å²) in [6, 6.07) is 63.6. The average molecular weight is 619 g/mol. The van der Waals surface area contributed by atoms with E-state index in [0.29, 0.717) is 0 Å². The molecule has 0 saturated carbocycles. The maximum atomic E-state index is 6.82. The van der Waals surface area contributed by atoms with Crippen LogP contribution in [0.4, 0.5) is 0 Å². The Kier molecular flexibility index (Phi) is 5.37. The molecule has 0 aliphatic carbocycles. The van der Waals surface area contributed by atoms with Crippen LogP contribution in [0.25, 0.3) is 98.0 Å². The minimum Gasteiger partial charge on any atom is -0.455 e. The van der Waals surface area contributed by atoms with Crippen molar-refractivity contribution in [3.05, 3.63) is 170 Å². The number of hydrogen-bond acceptors (Lipinski definition) is 1. The van der Waals surface area contributed by atoms with Gasteiger partial charge in [-0.25, -0.2) is 0 Å². The van der Waals surface area contributed by atoms with Crippen LogP contribution in [0.2, 0.25) is 0 Å². The van der Waals surface area contributed by atoms with Crippen LogP contribution in [-0.2, 0) is 0 Å². The summed E-state index contributed by atoms with van der Waals surface area (Å²) in [5.74, 6) is 1.83. The van der Waals surface area contributed by atoms with Gasteiger partial charge in [-0.3, -0.25) is 0 Å². The Balaban J connectivity index is 1.02.